The van der Waals surface area contributed by atoms with Gasteiger partial charge in [-0.25, -0.2) is 9.97 Å². The summed E-state index contributed by atoms with van der Waals surface area (Å²) in [6.07, 6.45) is 6.00. The van der Waals surface area contributed by atoms with Gasteiger partial charge in [-0.15, -0.1) is 0 Å². The van der Waals surface area contributed by atoms with E-state index < -0.39 is 0 Å². The summed E-state index contributed by atoms with van der Waals surface area (Å²) in [7, 11) is 1.76. The third kappa shape index (κ3) is 3.76. The highest BCUT2D eigenvalue weighted by molar-refractivity contribution is 5.56. The maximum absolute atomic E-state index is 11.7. The number of aromatic amines is 1. The lowest BCUT2D eigenvalue weighted by atomic mass is 10.2. The molecule has 2 atom stereocenters. The molecule has 2 unspecified atom stereocenters. The van der Waals surface area contributed by atoms with Gasteiger partial charge in [-0.3, -0.25) is 4.79 Å². The van der Waals surface area contributed by atoms with Crippen LogP contribution in [0.3, 0.4) is 0 Å². The number of anilines is 1. The van der Waals surface area contributed by atoms with Crippen molar-refractivity contribution in [1.29, 1.82) is 0 Å². The van der Waals surface area contributed by atoms with Crippen molar-refractivity contribution < 1.29 is 4.74 Å². The van der Waals surface area contributed by atoms with Crippen LogP contribution in [0.2, 0.25) is 0 Å². The van der Waals surface area contributed by atoms with Crippen molar-refractivity contribution in [2.24, 2.45) is 0 Å². The summed E-state index contributed by atoms with van der Waals surface area (Å²) in [6, 6.07) is 5.78. The number of H-pyrrole nitrogens is 1. The van der Waals surface area contributed by atoms with Gasteiger partial charge in [0.2, 0.25) is 0 Å². The molecule has 2 heterocycles. The Kier molecular flexibility index (Phi) is 4.71. The van der Waals surface area contributed by atoms with E-state index in [1.54, 1.807) is 13.3 Å². The van der Waals surface area contributed by atoms with Crippen LogP contribution in [0.5, 0.6) is 0 Å². The van der Waals surface area contributed by atoms with Gasteiger partial charge in [-0.1, -0.05) is 6.92 Å². The monoisotopic (exact) mass is 314 g/mol. The normalized spacial score (nSPS) is 20.6. The fraction of sp³-hybridized carbons (Fsp3) is 0.471. The second-order valence-electron chi connectivity index (χ2n) is 5.88. The molecule has 6 heteroatoms. The molecule has 0 radical (unpaired) electrons. The highest BCUT2D eigenvalue weighted by atomic mass is 16.5. The highest BCUT2D eigenvalue weighted by Crippen LogP contribution is 2.24. The molecule has 0 saturated heterocycles. The lowest BCUT2D eigenvalue weighted by Crippen LogP contribution is -2.18. The summed E-state index contributed by atoms with van der Waals surface area (Å²) in [5.41, 5.74) is 1.46. The first-order valence-electron chi connectivity index (χ1n) is 8.04. The summed E-state index contributed by atoms with van der Waals surface area (Å²) >= 11 is 0. The minimum atomic E-state index is -0.134. The number of hydrogen-bond acceptors (Lipinski definition) is 5. The van der Waals surface area contributed by atoms with E-state index in [2.05, 4.69) is 20.3 Å². The van der Waals surface area contributed by atoms with Gasteiger partial charge >= 0.3 is 0 Å². The minimum absolute atomic E-state index is 0.134. The Balaban J connectivity index is 1.72. The summed E-state index contributed by atoms with van der Waals surface area (Å²) in [5, 5.41) is 3.43. The van der Waals surface area contributed by atoms with E-state index in [1.165, 1.54) is 6.07 Å². The zero-order valence-electron chi connectivity index (χ0n) is 13.5. The van der Waals surface area contributed by atoms with Crippen LogP contribution in [0.1, 0.15) is 31.9 Å². The van der Waals surface area contributed by atoms with Gasteiger partial charge in [-0.2, -0.15) is 0 Å². The van der Waals surface area contributed by atoms with Gasteiger partial charge in [0, 0.05) is 36.7 Å². The van der Waals surface area contributed by atoms with Gasteiger partial charge in [0.25, 0.3) is 5.56 Å². The van der Waals surface area contributed by atoms with Crippen molar-refractivity contribution in [2.75, 3.05) is 12.4 Å². The maximum Gasteiger partial charge on any atom is 0.251 e. The molecule has 1 fully saturated rings. The highest BCUT2D eigenvalue weighted by Gasteiger charge is 2.24. The van der Waals surface area contributed by atoms with E-state index in [9.17, 15) is 4.79 Å². The first kappa shape index (κ1) is 15.7. The number of pyridine rings is 1. The van der Waals surface area contributed by atoms with Crippen molar-refractivity contribution >= 4 is 5.82 Å². The van der Waals surface area contributed by atoms with Crippen LogP contribution < -0.4 is 10.9 Å². The average molecular weight is 314 g/mol. The molecule has 1 saturated carbocycles. The molecule has 0 amide bonds. The van der Waals surface area contributed by atoms with Crippen LogP contribution in [0.4, 0.5) is 5.82 Å². The maximum atomic E-state index is 11.7. The molecule has 0 spiro atoms. The minimum Gasteiger partial charge on any atom is -0.381 e. The molecular weight excluding hydrogens is 292 g/mol. The average Bonchev–Trinajstić information content (AvgIpc) is 3.02. The molecule has 6 nitrogen and oxygen atoms in total. The molecule has 23 heavy (non-hydrogen) atoms. The molecule has 0 aliphatic heterocycles. The fourth-order valence-electron chi connectivity index (χ4n) is 2.94. The first-order chi connectivity index (χ1) is 11.2. The second-order valence-corrected chi connectivity index (χ2v) is 5.88. The molecule has 0 aromatic carbocycles. The van der Waals surface area contributed by atoms with E-state index in [4.69, 9.17) is 4.74 Å². The Labute approximate surface area is 135 Å². The summed E-state index contributed by atoms with van der Waals surface area (Å²) < 4.78 is 5.39. The predicted molar refractivity (Wildman–Crippen MR) is 89.5 cm³/mol. The van der Waals surface area contributed by atoms with Crippen LogP contribution in [0.15, 0.2) is 29.2 Å². The molecule has 1 aliphatic rings. The van der Waals surface area contributed by atoms with E-state index in [1.807, 2.05) is 19.1 Å². The molecular formula is C17H22N4O2. The number of ether oxygens (including phenoxy) is 1. The van der Waals surface area contributed by atoms with Gasteiger partial charge in [0.15, 0.2) is 0 Å². The first-order valence-corrected chi connectivity index (χ1v) is 8.04. The zero-order chi connectivity index (χ0) is 16.2. The third-order valence-corrected chi connectivity index (χ3v) is 4.26. The Morgan fingerprint density at radius 2 is 2.26 bits per heavy atom. The molecule has 2 aromatic rings. The molecule has 122 valence electrons. The van der Waals surface area contributed by atoms with Crippen LogP contribution in [-0.4, -0.2) is 34.2 Å². The van der Waals surface area contributed by atoms with Gasteiger partial charge in [0.05, 0.1) is 6.10 Å². The molecule has 2 aromatic heterocycles. The Hall–Kier alpha value is -2.21. The van der Waals surface area contributed by atoms with Crippen molar-refractivity contribution in [3.05, 3.63) is 40.4 Å². The van der Waals surface area contributed by atoms with Gasteiger partial charge < -0.3 is 15.0 Å². The van der Waals surface area contributed by atoms with E-state index in [-0.39, 0.29) is 5.56 Å². The molecule has 1 aliphatic carbocycles. The van der Waals surface area contributed by atoms with Crippen molar-refractivity contribution in [1.82, 2.24) is 15.0 Å². The van der Waals surface area contributed by atoms with Crippen molar-refractivity contribution in [3.8, 4) is 11.4 Å². The number of nitrogens with zero attached hydrogens (tertiary/aromatic N) is 2. The SMILES string of the molecule is CCc1cc(=O)[nH]c(-c2ccc(NC3CCC(OC)C3)nc2)n1. The lowest BCUT2D eigenvalue weighted by molar-refractivity contribution is 0.108. The third-order valence-electron chi connectivity index (χ3n) is 4.26. The molecule has 0 bridgehead atoms. The Morgan fingerprint density at radius 1 is 1.39 bits per heavy atom. The summed E-state index contributed by atoms with van der Waals surface area (Å²) in [4.78, 5) is 23.3. The second kappa shape index (κ2) is 6.91. The quantitative estimate of drug-likeness (QED) is 0.885. The topological polar surface area (TPSA) is 79.9 Å². The lowest BCUT2D eigenvalue weighted by Gasteiger charge is -2.13. The fourth-order valence-corrected chi connectivity index (χ4v) is 2.94. The number of aryl methyl sites for hydroxylation is 1. The Morgan fingerprint density at radius 3 is 2.91 bits per heavy atom. The number of rotatable bonds is 5. The van der Waals surface area contributed by atoms with Crippen LogP contribution in [0, 0.1) is 0 Å². The number of methoxy groups -OCH3 is 1. The molecule has 2 N–H and O–H groups in total. The van der Waals surface area contributed by atoms with Crippen LogP contribution in [0.25, 0.3) is 11.4 Å². The van der Waals surface area contributed by atoms with E-state index in [0.29, 0.717) is 18.0 Å². The van der Waals surface area contributed by atoms with Gasteiger partial charge in [0.1, 0.15) is 11.6 Å². The smallest absolute Gasteiger partial charge is 0.251 e. The molecule has 3 rings (SSSR count). The standard InChI is InChI=1S/C17H22N4O2/c1-3-12-9-16(22)21-17(20-12)11-4-7-15(18-10-11)19-13-5-6-14(8-13)23-2/h4,7,9-10,13-14H,3,5-6,8H2,1-2H3,(H,18,19)(H,20,21,22). The van der Waals surface area contributed by atoms with Gasteiger partial charge in [-0.05, 0) is 37.8 Å². The number of nitrogens with one attached hydrogen (secondary N) is 2. The predicted octanol–water partition coefficient (Wildman–Crippen LogP) is 2.37. The van der Waals surface area contributed by atoms with Crippen molar-refractivity contribution in [3.63, 3.8) is 0 Å². The number of hydrogen-bond donors (Lipinski definition) is 2. The summed E-state index contributed by atoms with van der Waals surface area (Å²) in [6.45, 7) is 1.98. The van der Waals surface area contributed by atoms with Crippen LogP contribution >= 0.6 is 0 Å². The number of aromatic nitrogens is 3. The summed E-state index contributed by atoms with van der Waals surface area (Å²) in [5.74, 6) is 1.40. The Bertz CT molecular complexity index is 711. The van der Waals surface area contributed by atoms with Crippen LogP contribution in [-0.2, 0) is 11.2 Å². The largest absolute Gasteiger partial charge is 0.381 e. The van der Waals surface area contributed by atoms with E-state index in [0.717, 1.165) is 42.8 Å². The zero-order valence-corrected chi connectivity index (χ0v) is 13.5. The van der Waals surface area contributed by atoms with E-state index >= 15 is 0 Å². The van der Waals surface area contributed by atoms with Crippen molar-refractivity contribution in [2.45, 2.75) is 44.8 Å².